The highest BCUT2D eigenvalue weighted by atomic mass is 16.1. The summed E-state index contributed by atoms with van der Waals surface area (Å²) in [4.78, 5) is 11.2. The summed E-state index contributed by atoms with van der Waals surface area (Å²) in [6, 6.07) is 0. The molecule has 0 bridgehead atoms. The Morgan fingerprint density at radius 2 is 2.20 bits per heavy atom. The molecule has 0 spiro atoms. The zero-order valence-electron chi connectivity index (χ0n) is 10.2. The molecule has 0 unspecified atom stereocenters. The molecule has 15 heavy (non-hydrogen) atoms. The van der Waals surface area contributed by atoms with E-state index in [1.807, 2.05) is 0 Å². The molecule has 1 heteroatoms. The molecule has 0 saturated carbocycles. The van der Waals surface area contributed by atoms with Crippen LogP contribution < -0.4 is 0 Å². The van der Waals surface area contributed by atoms with Crippen LogP contribution in [0.1, 0.15) is 52.9 Å². The smallest absolute Gasteiger partial charge is 0.133 e. The molecule has 1 rings (SSSR count). The number of Topliss-reactive ketones (excluding diaryl/α,β-unsaturated/α-hetero) is 1. The van der Waals surface area contributed by atoms with E-state index in [1.54, 1.807) is 12.5 Å². The SMILES string of the molecule is CC(=O)[C@@H]1CC=C(CCC=C(C)C)CC1. The van der Waals surface area contributed by atoms with E-state index >= 15 is 0 Å². The summed E-state index contributed by atoms with van der Waals surface area (Å²) in [6.07, 6.45) is 10.1. The van der Waals surface area contributed by atoms with Crippen molar-refractivity contribution in [1.82, 2.24) is 0 Å². The van der Waals surface area contributed by atoms with Crippen LogP contribution >= 0.6 is 0 Å². The summed E-state index contributed by atoms with van der Waals surface area (Å²) in [5.74, 6) is 0.659. The van der Waals surface area contributed by atoms with E-state index in [4.69, 9.17) is 0 Å². The zero-order valence-corrected chi connectivity index (χ0v) is 10.2. The van der Waals surface area contributed by atoms with E-state index < -0.39 is 0 Å². The first kappa shape index (κ1) is 12.2. The molecule has 1 aliphatic carbocycles. The lowest BCUT2D eigenvalue weighted by atomic mass is 9.86. The summed E-state index contributed by atoms with van der Waals surface area (Å²) in [7, 11) is 0. The lowest BCUT2D eigenvalue weighted by molar-refractivity contribution is -0.120. The van der Waals surface area contributed by atoms with E-state index in [-0.39, 0.29) is 0 Å². The van der Waals surface area contributed by atoms with Gasteiger partial charge in [-0.15, -0.1) is 0 Å². The summed E-state index contributed by atoms with van der Waals surface area (Å²) in [5, 5.41) is 0. The number of carbonyl (C=O) groups excluding carboxylic acids is 1. The summed E-state index contributed by atoms with van der Waals surface area (Å²) >= 11 is 0. The van der Waals surface area contributed by atoms with Crippen molar-refractivity contribution in [3.8, 4) is 0 Å². The van der Waals surface area contributed by atoms with Gasteiger partial charge in [-0.2, -0.15) is 0 Å². The highest BCUT2D eigenvalue weighted by Gasteiger charge is 2.17. The third kappa shape index (κ3) is 4.46. The van der Waals surface area contributed by atoms with Gasteiger partial charge in [0.15, 0.2) is 0 Å². The molecule has 0 aromatic heterocycles. The number of hydrogen-bond donors (Lipinski definition) is 0. The normalized spacial score (nSPS) is 20.7. The average Bonchev–Trinajstić information content (AvgIpc) is 2.18. The van der Waals surface area contributed by atoms with Crippen molar-refractivity contribution < 1.29 is 4.79 Å². The number of carbonyl (C=O) groups is 1. The first-order valence-corrected chi connectivity index (χ1v) is 5.91. The van der Waals surface area contributed by atoms with Gasteiger partial charge in [0.1, 0.15) is 5.78 Å². The van der Waals surface area contributed by atoms with Crippen LogP contribution in [0, 0.1) is 5.92 Å². The summed E-state index contributed by atoms with van der Waals surface area (Å²) in [6.45, 7) is 5.99. The Labute approximate surface area is 93.3 Å². The molecular weight excluding hydrogens is 184 g/mol. The minimum absolute atomic E-state index is 0.303. The third-order valence-electron chi connectivity index (χ3n) is 3.10. The second-order valence-electron chi connectivity index (χ2n) is 4.76. The molecule has 0 aromatic carbocycles. The Morgan fingerprint density at radius 3 is 2.67 bits per heavy atom. The van der Waals surface area contributed by atoms with Gasteiger partial charge in [0, 0.05) is 5.92 Å². The Kier molecular flexibility index (Phi) is 4.80. The maximum Gasteiger partial charge on any atom is 0.133 e. The van der Waals surface area contributed by atoms with Crippen LogP contribution in [0.3, 0.4) is 0 Å². The van der Waals surface area contributed by atoms with Crippen molar-refractivity contribution in [2.75, 3.05) is 0 Å². The Morgan fingerprint density at radius 1 is 1.47 bits per heavy atom. The van der Waals surface area contributed by atoms with E-state index in [2.05, 4.69) is 26.0 Å². The maximum absolute atomic E-state index is 11.2. The van der Waals surface area contributed by atoms with Gasteiger partial charge in [0.05, 0.1) is 0 Å². The Balaban J connectivity index is 2.34. The third-order valence-corrected chi connectivity index (χ3v) is 3.10. The number of allylic oxidation sites excluding steroid dienone is 4. The first-order chi connectivity index (χ1) is 7.09. The van der Waals surface area contributed by atoms with Gasteiger partial charge in [-0.25, -0.2) is 0 Å². The molecule has 0 heterocycles. The van der Waals surface area contributed by atoms with Crippen molar-refractivity contribution >= 4 is 5.78 Å². The lowest BCUT2D eigenvalue weighted by Gasteiger charge is -2.19. The maximum atomic E-state index is 11.2. The average molecular weight is 206 g/mol. The van der Waals surface area contributed by atoms with E-state index in [0.717, 1.165) is 25.7 Å². The molecule has 0 aliphatic heterocycles. The number of hydrogen-bond acceptors (Lipinski definition) is 1. The highest BCUT2D eigenvalue weighted by molar-refractivity contribution is 5.78. The fourth-order valence-corrected chi connectivity index (χ4v) is 2.03. The lowest BCUT2D eigenvalue weighted by Crippen LogP contribution is -2.13. The molecule has 1 aliphatic rings. The largest absolute Gasteiger partial charge is 0.300 e. The van der Waals surface area contributed by atoms with Gasteiger partial charge >= 0.3 is 0 Å². The van der Waals surface area contributed by atoms with Gasteiger partial charge in [-0.3, -0.25) is 4.79 Å². The molecule has 0 saturated heterocycles. The topological polar surface area (TPSA) is 17.1 Å². The van der Waals surface area contributed by atoms with Crippen molar-refractivity contribution in [3.05, 3.63) is 23.3 Å². The van der Waals surface area contributed by atoms with Crippen LogP contribution in [0.5, 0.6) is 0 Å². The van der Waals surface area contributed by atoms with Crippen LogP contribution in [-0.4, -0.2) is 5.78 Å². The molecule has 0 N–H and O–H groups in total. The van der Waals surface area contributed by atoms with Gasteiger partial charge in [0.25, 0.3) is 0 Å². The van der Waals surface area contributed by atoms with Crippen molar-refractivity contribution in [2.45, 2.75) is 52.9 Å². The zero-order chi connectivity index (χ0) is 11.3. The van der Waals surface area contributed by atoms with Crippen molar-refractivity contribution in [3.63, 3.8) is 0 Å². The number of rotatable bonds is 4. The molecule has 0 amide bonds. The van der Waals surface area contributed by atoms with Gasteiger partial charge in [-0.05, 0) is 52.9 Å². The molecule has 0 aromatic rings. The monoisotopic (exact) mass is 206 g/mol. The second-order valence-corrected chi connectivity index (χ2v) is 4.76. The quantitative estimate of drug-likeness (QED) is 0.634. The van der Waals surface area contributed by atoms with Crippen LogP contribution in [-0.2, 0) is 4.79 Å². The standard InChI is InChI=1S/C14H22O/c1-11(2)5-4-6-13-7-9-14(10-8-13)12(3)15/h5,7,14H,4,6,8-10H2,1-3H3/t14-/m1/s1. The van der Waals surface area contributed by atoms with E-state index in [9.17, 15) is 4.79 Å². The molecule has 0 radical (unpaired) electrons. The van der Waals surface area contributed by atoms with Gasteiger partial charge in [0.2, 0.25) is 0 Å². The fraction of sp³-hybridized carbons (Fsp3) is 0.643. The van der Waals surface area contributed by atoms with Crippen LogP contribution in [0.4, 0.5) is 0 Å². The van der Waals surface area contributed by atoms with Crippen molar-refractivity contribution in [2.24, 2.45) is 5.92 Å². The number of ketones is 1. The Bertz CT molecular complexity index is 280. The van der Waals surface area contributed by atoms with Crippen LogP contribution in [0.2, 0.25) is 0 Å². The predicted octanol–water partition coefficient (Wildman–Crippen LogP) is 4.05. The summed E-state index contributed by atoms with van der Waals surface area (Å²) < 4.78 is 0. The molecule has 0 fully saturated rings. The summed E-state index contributed by atoms with van der Waals surface area (Å²) in [5.41, 5.74) is 2.94. The van der Waals surface area contributed by atoms with E-state index in [1.165, 1.54) is 12.0 Å². The van der Waals surface area contributed by atoms with Gasteiger partial charge in [-0.1, -0.05) is 23.3 Å². The highest BCUT2D eigenvalue weighted by Crippen LogP contribution is 2.26. The van der Waals surface area contributed by atoms with Crippen LogP contribution in [0.15, 0.2) is 23.3 Å². The predicted molar refractivity (Wildman–Crippen MR) is 64.8 cm³/mol. The van der Waals surface area contributed by atoms with Gasteiger partial charge < -0.3 is 0 Å². The Hall–Kier alpha value is -0.850. The van der Waals surface area contributed by atoms with Crippen molar-refractivity contribution in [1.29, 1.82) is 0 Å². The minimum atomic E-state index is 0.303. The second kappa shape index (κ2) is 5.89. The molecular formula is C14H22O. The van der Waals surface area contributed by atoms with E-state index in [0.29, 0.717) is 11.7 Å². The van der Waals surface area contributed by atoms with Crippen LogP contribution in [0.25, 0.3) is 0 Å². The molecule has 84 valence electrons. The minimum Gasteiger partial charge on any atom is -0.300 e. The fourth-order valence-electron chi connectivity index (χ4n) is 2.03. The first-order valence-electron chi connectivity index (χ1n) is 5.91. The molecule has 1 atom stereocenters. The molecule has 1 nitrogen and oxygen atoms in total.